The molecule has 4 N–H and O–H groups in total. The SMILES string of the molecule is C=CP(=O)(O)O.O. The highest BCUT2D eigenvalue weighted by Gasteiger charge is 2.00. The van der Waals surface area contributed by atoms with E-state index >= 15 is 0 Å². The van der Waals surface area contributed by atoms with Crippen molar-refractivity contribution in [2.45, 2.75) is 0 Å². The van der Waals surface area contributed by atoms with Gasteiger partial charge in [-0.05, 0) is 0 Å². The van der Waals surface area contributed by atoms with Crippen LogP contribution in [0.15, 0.2) is 12.4 Å². The van der Waals surface area contributed by atoms with Gasteiger partial charge in [-0.3, -0.25) is 4.57 Å². The van der Waals surface area contributed by atoms with Crippen LogP contribution in [-0.2, 0) is 4.57 Å². The predicted molar refractivity (Wildman–Crippen MR) is 25.9 cm³/mol. The van der Waals surface area contributed by atoms with E-state index in [1.807, 2.05) is 0 Å². The molecule has 0 aliphatic carbocycles. The number of hydrogen-bond acceptors (Lipinski definition) is 1. The molecule has 0 radical (unpaired) electrons. The van der Waals surface area contributed by atoms with Crippen LogP contribution < -0.4 is 0 Å². The highest BCUT2D eigenvalue weighted by atomic mass is 31.2. The van der Waals surface area contributed by atoms with E-state index < -0.39 is 7.60 Å². The Kier molecular flexibility index (Phi) is 4.18. The molecule has 7 heavy (non-hydrogen) atoms. The topological polar surface area (TPSA) is 89.0 Å². The molecule has 0 aliphatic rings. The van der Waals surface area contributed by atoms with Gasteiger partial charge >= 0.3 is 7.60 Å². The Hall–Kier alpha value is -0.150. The average molecular weight is 126 g/mol. The van der Waals surface area contributed by atoms with Crippen LogP contribution in [0.2, 0.25) is 0 Å². The van der Waals surface area contributed by atoms with Gasteiger partial charge in [0.05, 0.1) is 0 Å². The number of hydrogen-bond donors (Lipinski definition) is 2. The standard InChI is InChI=1S/C2H5O3P.H2O/c1-2-6(3,4)5;/h2H,1H2,(H2,3,4,5);1H2. The van der Waals surface area contributed by atoms with Gasteiger partial charge in [-0.2, -0.15) is 0 Å². The minimum Gasteiger partial charge on any atom is -0.412 e. The van der Waals surface area contributed by atoms with Crippen molar-refractivity contribution in [1.82, 2.24) is 0 Å². The molecule has 0 amide bonds. The van der Waals surface area contributed by atoms with Crippen LogP contribution in [-0.4, -0.2) is 15.3 Å². The first-order valence-corrected chi connectivity index (χ1v) is 2.93. The summed E-state index contributed by atoms with van der Waals surface area (Å²) >= 11 is 0. The lowest BCUT2D eigenvalue weighted by molar-refractivity contribution is 0.386. The average Bonchev–Trinajstić information content (AvgIpc) is 1.35. The van der Waals surface area contributed by atoms with Crippen molar-refractivity contribution in [2.24, 2.45) is 0 Å². The van der Waals surface area contributed by atoms with E-state index in [0.29, 0.717) is 5.82 Å². The van der Waals surface area contributed by atoms with E-state index in [9.17, 15) is 4.57 Å². The Morgan fingerprint density at radius 3 is 1.71 bits per heavy atom. The molecule has 0 bridgehead atoms. The van der Waals surface area contributed by atoms with Crippen LogP contribution in [0.5, 0.6) is 0 Å². The molecule has 0 saturated carbocycles. The fraction of sp³-hybridized carbons (Fsp3) is 0. The van der Waals surface area contributed by atoms with Gasteiger partial charge in [0.2, 0.25) is 0 Å². The van der Waals surface area contributed by atoms with Gasteiger partial charge < -0.3 is 15.3 Å². The van der Waals surface area contributed by atoms with Gasteiger partial charge in [0, 0.05) is 5.82 Å². The second-order valence-electron chi connectivity index (χ2n) is 0.772. The van der Waals surface area contributed by atoms with Gasteiger partial charge in [0.1, 0.15) is 0 Å². The summed E-state index contributed by atoms with van der Waals surface area (Å²) in [7, 11) is -3.88. The molecule has 5 heteroatoms. The molecule has 4 nitrogen and oxygen atoms in total. The van der Waals surface area contributed by atoms with Crippen molar-refractivity contribution < 1.29 is 19.8 Å². The van der Waals surface area contributed by atoms with E-state index in [1.54, 1.807) is 0 Å². The van der Waals surface area contributed by atoms with E-state index in [0.717, 1.165) is 0 Å². The van der Waals surface area contributed by atoms with E-state index in [1.165, 1.54) is 0 Å². The van der Waals surface area contributed by atoms with E-state index in [-0.39, 0.29) is 5.48 Å². The maximum absolute atomic E-state index is 9.58. The summed E-state index contributed by atoms with van der Waals surface area (Å²) in [6.45, 7) is 2.87. The van der Waals surface area contributed by atoms with Gasteiger partial charge in [0.25, 0.3) is 0 Å². The zero-order valence-corrected chi connectivity index (χ0v) is 4.43. The third-order valence-electron chi connectivity index (χ3n) is 0.238. The van der Waals surface area contributed by atoms with Gasteiger partial charge in [-0.1, -0.05) is 6.58 Å². The normalized spacial score (nSPS) is 9.43. The molecular formula is C2H7O4P. The summed E-state index contributed by atoms with van der Waals surface area (Å²) in [5.74, 6) is 0.604. The molecular weight excluding hydrogens is 119 g/mol. The Balaban J connectivity index is 0. The van der Waals surface area contributed by atoms with Crippen LogP contribution in [0.3, 0.4) is 0 Å². The summed E-state index contributed by atoms with van der Waals surface area (Å²) in [5.41, 5.74) is 0. The quantitative estimate of drug-likeness (QED) is 0.463. The van der Waals surface area contributed by atoms with Crippen molar-refractivity contribution in [3.05, 3.63) is 12.4 Å². The third kappa shape index (κ3) is 10.7. The minimum atomic E-state index is -3.88. The lowest BCUT2D eigenvalue weighted by atomic mass is 11.3. The zero-order chi connectivity index (χ0) is 5.21. The first-order valence-electron chi connectivity index (χ1n) is 1.25. The lowest BCUT2D eigenvalue weighted by Crippen LogP contribution is -1.63. The van der Waals surface area contributed by atoms with Crippen molar-refractivity contribution in [1.29, 1.82) is 0 Å². The van der Waals surface area contributed by atoms with E-state index in [4.69, 9.17) is 9.79 Å². The monoisotopic (exact) mass is 126 g/mol. The molecule has 0 aromatic heterocycles. The molecule has 0 atom stereocenters. The molecule has 0 aromatic carbocycles. The predicted octanol–water partition coefficient (Wildman–Crippen LogP) is -0.517. The second kappa shape index (κ2) is 2.93. The Labute approximate surface area is 40.9 Å². The summed E-state index contributed by atoms with van der Waals surface area (Å²) in [6.07, 6.45) is 0. The molecule has 0 fully saturated rings. The van der Waals surface area contributed by atoms with Gasteiger partial charge in [-0.15, -0.1) is 0 Å². The first kappa shape index (κ1) is 9.97. The fourth-order valence-corrected chi connectivity index (χ4v) is 0. The summed E-state index contributed by atoms with van der Waals surface area (Å²) in [4.78, 5) is 15.6. The first-order chi connectivity index (χ1) is 2.56. The highest BCUT2D eigenvalue weighted by Crippen LogP contribution is 2.34. The Bertz CT molecular complexity index is 91.9. The zero-order valence-electron chi connectivity index (χ0n) is 3.53. The molecule has 0 heterocycles. The van der Waals surface area contributed by atoms with Crippen molar-refractivity contribution in [3.8, 4) is 0 Å². The van der Waals surface area contributed by atoms with Crippen molar-refractivity contribution >= 4 is 7.60 Å². The number of rotatable bonds is 1. The van der Waals surface area contributed by atoms with Crippen molar-refractivity contribution in [3.63, 3.8) is 0 Å². The Morgan fingerprint density at radius 2 is 1.71 bits per heavy atom. The molecule has 0 spiro atoms. The van der Waals surface area contributed by atoms with Gasteiger partial charge in [0.15, 0.2) is 0 Å². The fourth-order valence-electron chi connectivity index (χ4n) is 0. The largest absolute Gasteiger partial charge is 0.412 e. The van der Waals surface area contributed by atoms with Crippen molar-refractivity contribution in [2.75, 3.05) is 0 Å². The molecule has 0 aromatic rings. The maximum atomic E-state index is 9.58. The molecule has 0 aliphatic heterocycles. The molecule has 44 valence electrons. The second-order valence-corrected chi connectivity index (χ2v) is 2.31. The van der Waals surface area contributed by atoms with Crippen LogP contribution in [0.25, 0.3) is 0 Å². The molecule has 0 rings (SSSR count). The Morgan fingerprint density at radius 1 is 1.57 bits per heavy atom. The molecule has 0 saturated heterocycles. The minimum absolute atomic E-state index is 0. The van der Waals surface area contributed by atoms with Crippen LogP contribution in [0.4, 0.5) is 0 Å². The smallest absolute Gasteiger partial charge is 0.348 e. The summed E-state index contributed by atoms with van der Waals surface area (Å²) in [5, 5.41) is 0. The van der Waals surface area contributed by atoms with Crippen LogP contribution in [0, 0.1) is 0 Å². The van der Waals surface area contributed by atoms with E-state index in [2.05, 4.69) is 6.58 Å². The van der Waals surface area contributed by atoms with Crippen LogP contribution >= 0.6 is 7.60 Å². The summed E-state index contributed by atoms with van der Waals surface area (Å²) < 4.78 is 9.58. The third-order valence-corrected chi connectivity index (χ3v) is 0.714. The van der Waals surface area contributed by atoms with Crippen LogP contribution in [0.1, 0.15) is 0 Å². The van der Waals surface area contributed by atoms with Gasteiger partial charge in [-0.25, -0.2) is 0 Å². The maximum Gasteiger partial charge on any atom is 0.348 e. The summed E-state index contributed by atoms with van der Waals surface area (Å²) in [6, 6.07) is 0. The lowest BCUT2D eigenvalue weighted by Gasteiger charge is -1.87. The molecule has 0 unspecified atom stereocenters. The highest BCUT2D eigenvalue weighted by molar-refractivity contribution is 7.55.